The molecule has 0 bridgehead atoms. The van der Waals surface area contributed by atoms with Crippen molar-refractivity contribution in [2.75, 3.05) is 26.3 Å². The van der Waals surface area contributed by atoms with E-state index in [4.69, 9.17) is 9.15 Å². The molecule has 0 spiro atoms. The second kappa shape index (κ2) is 5.38. The Morgan fingerprint density at radius 1 is 1.15 bits per heavy atom. The van der Waals surface area contributed by atoms with Crippen molar-refractivity contribution in [3.8, 4) is 11.5 Å². The fourth-order valence-corrected chi connectivity index (χ4v) is 1.92. The molecule has 0 N–H and O–H groups in total. The maximum Gasteiger partial charge on any atom is 0.311 e. The van der Waals surface area contributed by atoms with Crippen LogP contribution in [0.25, 0.3) is 11.5 Å². The molecule has 1 saturated heterocycles. The summed E-state index contributed by atoms with van der Waals surface area (Å²) in [7, 11) is 0. The number of benzene rings is 1. The van der Waals surface area contributed by atoms with Gasteiger partial charge in [0.25, 0.3) is 0 Å². The molecule has 1 amide bonds. The maximum absolute atomic E-state index is 12.8. The number of hydrogen-bond acceptors (Lipinski definition) is 5. The summed E-state index contributed by atoms with van der Waals surface area (Å²) >= 11 is 0. The van der Waals surface area contributed by atoms with E-state index >= 15 is 0 Å². The molecular weight excluding hydrogens is 265 g/mol. The van der Waals surface area contributed by atoms with E-state index in [1.54, 1.807) is 4.90 Å². The minimum atomic E-state index is -0.349. The number of nitrogens with zero attached hydrogens (tertiary/aromatic N) is 3. The van der Waals surface area contributed by atoms with Crippen molar-refractivity contribution in [3.05, 3.63) is 36.0 Å². The zero-order chi connectivity index (χ0) is 13.9. The fraction of sp³-hybridized carbons (Fsp3) is 0.308. The molecule has 20 heavy (non-hydrogen) atoms. The van der Waals surface area contributed by atoms with Gasteiger partial charge in [0.15, 0.2) is 0 Å². The molecule has 6 nitrogen and oxygen atoms in total. The molecule has 7 heteroatoms. The van der Waals surface area contributed by atoms with Gasteiger partial charge in [-0.3, -0.25) is 4.79 Å². The van der Waals surface area contributed by atoms with Crippen LogP contribution in [-0.2, 0) is 4.74 Å². The predicted molar refractivity (Wildman–Crippen MR) is 66.4 cm³/mol. The second-order valence-electron chi connectivity index (χ2n) is 4.32. The van der Waals surface area contributed by atoms with Gasteiger partial charge in [-0.25, -0.2) is 4.39 Å². The van der Waals surface area contributed by atoms with Crippen LogP contribution in [0.1, 0.15) is 10.7 Å². The minimum absolute atomic E-state index is 0.0637. The third kappa shape index (κ3) is 2.53. The monoisotopic (exact) mass is 277 g/mol. The molecule has 1 aliphatic rings. The van der Waals surface area contributed by atoms with E-state index in [1.165, 1.54) is 24.3 Å². The van der Waals surface area contributed by atoms with Crippen molar-refractivity contribution < 1.29 is 18.3 Å². The van der Waals surface area contributed by atoms with Gasteiger partial charge in [-0.2, -0.15) is 0 Å². The van der Waals surface area contributed by atoms with E-state index in [2.05, 4.69) is 10.2 Å². The molecule has 0 aliphatic carbocycles. The van der Waals surface area contributed by atoms with Crippen LogP contribution < -0.4 is 0 Å². The number of amides is 1. The zero-order valence-corrected chi connectivity index (χ0v) is 10.6. The number of halogens is 1. The Kier molecular flexibility index (Phi) is 3.42. The lowest BCUT2D eigenvalue weighted by atomic mass is 10.2. The van der Waals surface area contributed by atoms with E-state index in [-0.39, 0.29) is 23.5 Å². The molecule has 104 valence electrons. The highest BCUT2D eigenvalue weighted by atomic mass is 19.1. The van der Waals surface area contributed by atoms with Crippen LogP contribution in [0.15, 0.2) is 28.7 Å². The van der Waals surface area contributed by atoms with Crippen molar-refractivity contribution in [1.29, 1.82) is 0 Å². The van der Waals surface area contributed by atoms with Crippen LogP contribution >= 0.6 is 0 Å². The number of carbonyl (C=O) groups excluding carboxylic acids is 1. The van der Waals surface area contributed by atoms with Crippen LogP contribution in [-0.4, -0.2) is 47.3 Å². The van der Waals surface area contributed by atoms with Gasteiger partial charge in [0.2, 0.25) is 5.89 Å². The van der Waals surface area contributed by atoms with Crippen LogP contribution in [0.3, 0.4) is 0 Å². The topological polar surface area (TPSA) is 68.5 Å². The second-order valence-corrected chi connectivity index (χ2v) is 4.32. The SMILES string of the molecule is O=C(c1nnc(-c2ccc(F)cc2)o1)N1CCOCC1. The summed E-state index contributed by atoms with van der Waals surface area (Å²) in [5.74, 6) is -0.528. The van der Waals surface area contributed by atoms with Gasteiger partial charge in [-0.15, -0.1) is 10.2 Å². The summed E-state index contributed by atoms with van der Waals surface area (Å²) in [5.41, 5.74) is 0.569. The molecule has 1 aromatic heterocycles. The summed E-state index contributed by atoms with van der Waals surface area (Å²) < 4.78 is 23.4. The molecule has 1 aliphatic heterocycles. The summed E-state index contributed by atoms with van der Waals surface area (Å²) in [6, 6.07) is 5.63. The summed E-state index contributed by atoms with van der Waals surface area (Å²) in [6.45, 7) is 2.02. The fourth-order valence-electron chi connectivity index (χ4n) is 1.92. The molecule has 2 heterocycles. The molecule has 2 aromatic rings. The molecule has 0 radical (unpaired) electrons. The maximum atomic E-state index is 12.8. The van der Waals surface area contributed by atoms with E-state index in [0.29, 0.717) is 31.9 Å². The molecule has 1 fully saturated rings. The average Bonchev–Trinajstić information content (AvgIpc) is 2.98. The van der Waals surface area contributed by atoms with Crippen LogP contribution in [0.5, 0.6) is 0 Å². The smallest absolute Gasteiger partial charge is 0.311 e. The summed E-state index contributed by atoms with van der Waals surface area (Å²) in [5, 5.41) is 7.56. The van der Waals surface area contributed by atoms with Gasteiger partial charge in [0.1, 0.15) is 5.82 Å². The Hall–Kier alpha value is -2.28. The Labute approximate surface area is 114 Å². The number of rotatable bonds is 2. The minimum Gasteiger partial charge on any atom is -0.412 e. The lowest BCUT2D eigenvalue weighted by molar-refractivity contribution is 0.0278. The molecule has 0 unspecified atom stereocenters. The highest BCUT2D eigenvalue weighted by Crippen LogP contribution is 2.18. The molecule has 0 saturated carbocycles. The van der Waals surface area contributed by atoms with Gasteiger partial charge in [0.05, 0.1) is 13.2 Å². The highest BCUT2D eigenvalue weighted by Gasteiger charge is 2.24. The highest BCUT2D eigenvalue weighted by molar-refractivity contribution is 5.89. The van der Waals surface area contributed by atoms with Crippen LogP contribution in [0.4, 0.5) is 4.39 Å². The van der Waals surface area contributed by atoms with Gasteiger partial charge in [-0.1, -0.05) is 0 Å². The first-order valence-corrected chi connectivity index (χ1v) is 6.20. The van der Waals surface area contributed by atoms with E-state index < -0.39 is 0 Å². The first-order valence-electron chi connectivity index (χ1n) is 6.20. The van der Waals surface area contributed by atoms with Gasteiger partial charge in [-0.05, 0) is 24.3 Å². The van der Waals surface area contributed by atoms with Gasteiger partial charge < -0.3 is 14.1 Å². The van der Waals surface area contributed by atoms with Crippen molar-refractivity contribution in [2.24, 2.45) is 0 Å². The van der Waals surface area contributed by atoms with Gasteiger partial charge >= 0.3 is 11.8 Å². The normalized spacial score (nSPS) is 15.3. The van der Waals surface area contributed by atoms with E-state index in [9.17, 15) is 9.18 Å². The van der Waals surface area contributed by atoms with E-state index in [1.807, 2.05) is 0 Å². The number of hydrogen-bond donors (Lipinski definition) is 0. The zero-order valence-electron chi connectivity index (χ0n) is 10.6. The lowest BCUT2D eigenvalue weighted by Crippen LogP contribution is -2.40. The number of ether oxygens (including phenoxy) is 1. The van der Waals surface area contributed by atoms with Crippen LogP contribution in [0, 0.1) is 5.82 Å². The molecule has 3 rings (SSSR count). The molecule has 0 atom stereocenters. The molecule has 1 aromatic carbocycles. The third-order valence-electron chi connectivity index (χ3n) is 3.00. The molecular formula is C13H12FN3O3. The first-order chi connectivity index (χ1) is 9.74. The Balaban J connectivity index is 1.79. The summed E-state index contributed by atoms with van der Waals surface area (Å²) in [6.07, 6.45) is 0. The Morgan fingerprint density at radius 3 is 2.55 bits per heavy atom. The number of morpholine rings is 1. The Morgan fingerprint density at radius 2 is 1.85 bits per heavy atom. The van der Waals surface area contributed by atoms with Crippen molar-refractivity contribution >= 4 is 5.91 Å². The van der Waals surface area contributed by atoms with Crippen molar-refractivity contribution in [3.63, 3.8) is 0 Å². The van der Waals surface area contributed by atoms with Crippen molar-refractivity contribution in [1.82, 2.24) is 15.1 Å². The lowest BCUT2D eigenvalue weighted by Gasteiger charge is -2.25. The quantitative estimate of drug-likeness (QED) is 0.828. The largest absolute Gasteiger partial charge is 0.412 e. The van der Waals surface area contributed by atoms with Gasteiger partial charge in [0, 0.05) is 18.7 Å². The predicted octanol–water partition coefficient (Wildman–Crippen LogP) is 1.35. The van der Waals surface area contributed by atoms with Crippen molar-refractivity contribution in [2.45, 2.75) is 0 Å². The summed E-state index contributed by atoms with van der Waals surface area (Å²) in [4.78, 5) is 13.7. The number of aromatic nitrogens is 2. The standard InChI is InChI=1S/C13H12FN3O3/c14-10-3-1-9(2-4-10)11-15-16-12(20-11)13(18)17-5-7-19-8-6-17/h1-4H,5-8H2. The average molecular weight is 277 g/mol. The van der Waals surface area contributed by atoms with Crippen LogP contribution in [0.2, 0.25) is 0 Å². The third-order valence-corrected chi connectivity index (χ3v) is 3.00. The Bertz CT molecular complexity index is 606. The van der Waals surface area contributed by atoms with E-state index in [0.717, 1.165) is 0 Å². The number of carbonyl (C=O) groups is 1. The first kappa shape index (κ1) is 12.7.